The molecule has 182 valence electrons. The van der Waals surface area contributed by atoms with Crippen molar-refractivity contribution in [2.45, 2.75) is 39.7 Å². The molecule has 1 aliphatic heterocycles. The maximum absolute atomic E-state index is 12.1. The van der Waals surface area contributed by atoms with E-state index >= 15 is 0 Å². The van der Waals surface area contributed by atoms with Crippen molar-refractivity contribution in [3.63, 3.8) is 0 Å². The van der Waals surface area contributed by atoms with Crippen molar-refractivity contribution in [3.8, 4) is 11.5 Å². The van der Waals surface area contributed by atoms with E-state index in [-0.39, 0.29) is 5.97 Å². The maximum Gasteiger partial charge on any atom is 0.338 e. The zero-order valence-electron chi connectivity index (χ0n) is 20.3. The lowest BCUT2D eigenvalue weighted by Gasteiger charge is -2.25. The minimum Gasteiger partial charge on any atom is -0.489 e. The van der Waals surface area contributed by atoms with Crippen molar-refractivity contribution in [2.24, 2.45) is 5.16 Å². The number of rotatable bonds is 10. The lowest BCUT2D eigenvalue weighted by atomic mass is 10.00. The molecule has 7 nitrogen and oxygen atoms in total. The summed E-state index contributed by atoms with van der Waals surface area (Å²) in [6.07, 6.45) is 5.61. The van der Waals surface area contributed by atoms with Crippen molar-refractivity contribution < 1.29 is 23.8 Å². The first-order valence-electron chi connectivity index (χ1n) is 11.7. The molecule has 1 saturated heterocycles. The largest absolute Gasteiger partial charge is 0.489 e. The average molecular weight is 467 g/mol. The van der Waals surface area contributed by atoms with Gasteiger partial charge in [-0.3, -0.25) is 4.90 Å². The van der Waals surface area contributed by atoms with E-state index in [0.717, 1.165) is 30.8 Å². The van der Waals surface area contributed by atoms with E-state index in [4.69, 9.17) is 19.0 Å². The second-order valence-electron chi connectivity index (χ2n) is 8.06. The average Bonchev–Trinajstić information content (AvgIpc) is 2.88. The third-order valence-electron chi connectivity index (χ3n) is 5.63. The van der Waals surface area contributed by atoms with Crippen molar-refractivity contribution >= 4 is 17.4 Å². The van der Waals surface area contributed by atoms with E-state index in [1.54, 1.807) is 13.0 Å². The van der Waals surface area contributed by atoms with Gasteiger partial charge in [0.25, 0.3) is 0 Å². The first-order valence-corrected chi connectivity index (χ1v) is 11.7. The van der Waals surface area contributed by atoms with E-state index in [2.05, 4.69) is 10.1 Å². The van der Waals surface area contributed by atoms with Crippen molar-refractivity contribution in [1.82, 2.24) is 4.90 Å². The SMILES string of the molecule is CC=C(C(=O)OC)c1ccccc1COc1ccc(O/C(C)=N\OCCN2CCCCC2)cc1. The van der Waals surface area contributed by atoms with Gasteiger partial charge in [0.2, 0.25) is 5.90 Å². The fourth-order valence-electron chi connectivity index (χ4n) is 3.85. The molecule has 7 heteroatoms. The quantitative estimate of drug-likeness (QED) is 0.122. The fraction of sp³-hybridized carbons (Fsp3) is 0.407. The van der Waals surface area contributed by atoms with Crippen molar-refractivity contribution in [2.75, 3.05) is 33.4 Å². The summed E-state index contributed by atoms with van der Waals surface area (Å²) in [5.74, 6) is 1.41. The Bertz CT molecular complexity index is 979. The summed E-state index contributed by atoms with van der Waals surface area (Å²) in [6, 6.07) is 14.9. The number of piperidine rings is 1. The van der Waals surface area contributed by atoms with Crippen LogP contribution in [0.1, 0.15) is 44.2 Å². The van der Waals surface area contributed by atoms with Gasteiger partial charge in [0.1, 0.15) is 24.7 Å². The van der Waals surface area contributed by atoms with Crippen LogP contribution in [-0.4, -0.2) is 50.1 Å². The second kappa shape index (κ2) is 13.4. The van der Waals surface area contributed by atoms with Crippen LogP contribution in [0.5, 0.6) is 11.5 Å². The number of likely N-dealkylation sites (tertiary alicyclic amines) is 1. The molecule has 34 heavy (non-hydrogen) atoms. The number of nitrogens with zero attached hydrogens (tertiary/aromatic N) is 2. The molecule has 1 heterocycles. The zero-order valence-corrected chi connectivity index (χ0v) is 20.3. The smallest absolute Gasteiger partial charge is 0.338 e. The first-order chi connectivity index (χ1) is 16.6. The molecule has 0 aliphatic carbocycles. The summed E-state index contributed by atoms with van der Waals surface area (Å²) < 4.78 is 16.6. The Morgan fingerprint density at radius 1 is 1.03 bits per heavy atom. The highest BCUT2D eigenvalue weighted by Gasteiger charge is 2.15. The lowest BCUT2D eigenvalue weighted by Crippen LogP contribution is -2.32. The van der Waals surface area contributed by atoms with Gasteiger partial charge in [-0.1, -0.05) is 41.9 Å². The molecule has 0 bridgehead atoms. The summed E-state index contributed by atoms with van der Waals surface area (Å²) in [5, 5.41) is 4.05. The van der Waals surface area contributed by atoms with E-state index in [9.17, 15) is 4.79 Å². The molecular weight excluding hydrogens is 432 g/mol. The van der Waals surface area contributed by atoms with Crippen molar-refractivity contribution in [3.05, 3.63) is 65.7 Å². The molecule has 0 N–H and O–H groups in total. The summed E-state index contributed by atoms with van der Waals surface area (Å²) in [7, 11) is 1.38. The predicted molar refractivity (Wildman–Crippen MR) is 133 cm³/mol. The molecular formula is C27H34N2O5. The van der Waals surface area contributed by atoms with Gasteiger partial charge in [-0.15, -0.1) is 0 Å². The Morgan fingerprint density at radius 3 is 2.44 bits per heavy atom. The molecule has 0 radical (unpaired) electrons. The normalized spacial score (nSPS) is 15.0. The lowest BCUT2D eigenvalue weighted by molar-refractivity contribution is -0.133. The Kier molecular flexibility index (Phi) is 9.98. The number of carbonyl (C=O) groups is 1. The fourth-order valence-corrected chi connectivity index (χ4v) is 3.85. The Morgan fingerprint density at radius 2 is 1.74 bits per heavy atom. The van der Waals surface area contributed by atoms with Gasteiger partial charge in [-0.25, -0.2) is 4.79 Å². The summed E-state index contributed by atoms with van der Waals surface area (Å²) in [6.45, 7) is 7.63. The monoisotopic (exact) mass is 466 g/mol. The molecule has 3 rings (SSSR count). The van der Waals surface area contributed by atoms with Crippen LogP contribution < -0.4 is 9.47 Å². The molecule has 0 aromatic heterocycles. The summed E-state index contributed by atoms with van der Waals surface area (Å²) in [5.41, 5.74) is 2.20. The van der Waals surface area contributed by atoms with E-state index < -0.39 is 0 Å². The minimum absolute atomic E-state index is 0.316. The highest BCUT2D eigenvalue weighted by molar-refractivity contribution is 6.16. The first kappa shape index (κ1) is 25.3. The Hall–Kier alpha value is -3.32. The predicted octanol–water partition coefficient (Wildman–Crippen LogP) is 5.06. The van der Waals surface area contributed by atoms with Crippen LogP contribution in [0.25, 0.3) is 5.57 Å². The Balaban J connectivity index is 1.49. The molecule has 1 aliphatic rings. The molecule has 2 aromatic rings. The number of oxime groups is 1. The molecule has 0 saturated carbocycles. The van der Waals surface area contributed by atoms with Crippen LogP contribution in [0.15, 0.2) is 59.8 Å². The number of esters is 1. The summed E-state index contributed by atoms with van der Waals surface area (Å²) >= 11 is 0. The highest BCUT2D eigenvalue weighted by atomic mass is 16.6. The third-order valence-corrected chi connectivity index (χ3v) is 5.63. The maximum atomic E-state index is 12.1. The standard InChI is InChI=1S/C27H34N2O5/c1-4-25(27(30)31-3)26-11-7-6-10-22(26)20-32-23-12-14-24(15-13-23)34-21(2)28-33-19-18-29-16-8-5-9-17-29/h4,6-7,10-15H,5,8-9,16-20H2,1-3H3/b25-4?,28-21-. The second-order valence-corrected chi connectivity index (χ2v) is 8.06. The van der Waals surface area contributed by atoms with Gasteiger partial charge >= 0.3 is 5.97 Å². The molecule has 0 atom stereocenters. The molecule has 0 spiro atoms. The number of carbonyl (C=O) groups excluding carboxylic acids is 1. The highest BCUT2D eigenvalue weighted by Crippen LogP contribution is 2.24. The van der Waals surface area contributed by atoms with Gasteiger partial charge in [0.05, 0.1) is 12.7 Å². The van der Waals surface area contributed by atoms with Crippen LogP contribution >= 0.6 is 0 Å². The number of hydrogen-bond acceptors (Lipinski definition) is 7. The van der Waals surface area contributed by atoms with Crippen molar-refractivity contribution in [1.29, 1.82) is 0 Å². The van der Waals surface area contributed by atoms with E-state index in [0.29, 0.717) is 36.2 Å². The molecule has 1 fully saturated rings. The minimum atomic E-state index is -0.371. The number of hydrogen-bond donors (Lipinski definition) is 0. The van der Waals surface area contributed by atoms with Crippen LogP contribution in [-0.2, 0) is 21.0 Å². The zero-order chi connectivity index (χ0) is 24.2. The van der Waals surface area contributed by atoms with Gasteiger partial charge < -0.3 is 19.0 Å². The van der Waals surface area contributed by atoms with Crippen LogP contribution in [0.4, 0.5) is 0 Å². The number of benzene rings is 2. The van der Waals surface area contributed by atoms with Crippen LogP contribution in [0.3, 0.4) is 0 Å². The molecule has 2 aromatic carbocycles. The number of allylic oxidation sites excluding steroid dienone is 1. The number of ether oxygens (including phenoxy) is 3. The number of methoxy groups -OCH3 is 1. The third kappa shape index (κ3) is 7.63. The van der Waals surface area contributed by atoms with E-state index in [1.165, 1.54) is 26.4 Å². The Labute approximate surface area is 201 Å². The van der Waals surface area contributed by atoms with Crippen LogP contribution in [0.2, 0.25) is 0 Å². The van der Waals surface area contributed by atoms with Gasteiger partial charge in [0.15, 0.2) is 0 Å². The van der Waals surface area contributed by atoms with Gasteiger partial charge in [0, 0.05) is 13.5 Å². The summed E-state index contributed by atoms with van der Waals surface area (Å²) in [4.78, 5) is 19.9. The van der Waals surface area contributed by atoms with Gasteiger partial charge in [-0.2, -0.15) is 0 Å². The van der Waals surface area contributed by atoms with E-state index in [1.807, 2.05) is 55.5 Å². The van der Waals surface area contributed by atoms with Crippen LogP contribution in [0, 0.1) is 0 Å². The van der Waals surface area contributed by atoms with Gasteiger partial charge in [-0.05, 0) is 68.2 Å². The molecule has 0 amide bonds. The molecule has 0 unspecified atom stereocenters. The topological polar surface area (TPSA) is 69.6 Å².